The lowest BCUT2D eigenvalue weighted by molar-refractivity contribution is -0.125. The largest absolute Gasteiger partial charge is 0.369 e. The van der Waals surface area contributed by atoms with E-state index in [-0.39, 0.29) is 11.9 Å². The number of anilines is 1. The number of carbonyl (C=O) groups is 2. The second-order valence-electron chi connectivity index (χ2n) is 9.22. The van der Waals surface area contributed by atoms with Gasteiger partial charge in [0.05, 0.1) is 0 Å². The van der Waals surface area contributed by atoms with Gasteiger partial charge in [-0.1, -0.05) is 78.9 Å². The van der Waals surface area contributed by atoms with Crippen LogP contribution in [0.25, 0.3) is 0 Å². The maximum absolute atomic E-state index is 13.4. The van der Waals surface area contributed by atoms with E-state index < -0.39 is 5.54 Å². The van der Waals surface area contributed by atoms with E-state index in [4.69, 9.17) is 0 Å². The molecule has 2 aliphatic rings. The highest BCUT2D eigenvalue weighted by Crippen LogP contribution is 2.40. The van der Waals surface area contributed by atoms with Crippen molar-refractivity contribution in [1.29, 1.82) is 0 Å². The molecule has 6 heteroatoms. The number of nitrogens with one attached hydrogen (secondary N) is 1. The van der Waals surface area contributed by atoms with E-state index in [0.29, 0.717) is 6.54 Å². The summed E-state index contributed by atoms with van der Waals surface area (Å²) in [7, 11) is 0. The number of benzene rings is 3. The summed E-state index contributed by atoms with van der Waals surface area (Å²) >= 11 is 0. The lowest BCUT2D eigenvalue weighted by Gasteiger charge is -2.37. The number of rotatable bonds is 8. The zero-order valence-corrected chi connectivity index (χ0v) is 20.0. The Hall–Kier alpha value is -3.64. The quantitative estimate of drug-likeness (QED) is 0.400. The monoisotopic (exact) mass is 468 g/mol. The van der Waals surface area contributed by atoms with E-state index in [2.05, 4.69) is 45.4 Å². The van der Waals surface area contributed by atoms with Gasteiger partial charge in [0.15, 0.2) is 5.54 Å². The number of nitrogens with zero attached hydrogens (tertiary/aromatic N) is 3. The van der Waals surface area contributed by atoms with E-state index in [9.17, 15) is 9.59 Å². The summed E-state index contributed by atoms with van der Waals surface area (Å²) in [6, 6.07) is 29.5. The van der Waals surface area contributed by atoms with Crippen LogP contribution in [0.3, 0.4) is 0 Å². The predicted molar refractivity (Wildman–Crippen MR) is 138 cm³/mol. The molecular weight excluding hydrogens is 436 g/mol. The van der Waals surface area contributed by atoms with Gasteiger partial charge >= 0.3 is 6.03 Å². The second-order valence-corrected chi connectivity index (χ2v) is 9.22. The van der Waals surface area contributed by atoms with Crippen LogP contribution in [0.1, 0.15) is 24.0 Å². The van der Waals surface area contributed by atoms with Gasteiger partial charge in [0, 0.05) is 38.4 Å². The summed E-state index contributed by atoms with van der Waals surface area (Å²) in [5.41, 5.74) is 1.77. The van der Waals surface area contributed by atoms with Crippen molar-refractivity contribution in [2.75, 3.05) is 44.2 Å². The van der Waals surface area contributed by atoms with Crippen LogP contribution in [0.5, 0.6) is 0 Å². The molecule has 35 heavy (non-hydrogen) atoms. The zero-order chi connectivity index (χ0) is 24.1. The van der Waals surface area contributed by atoms with Gasteiger partial charge in [0.25, 0.3) is 5.91 Å². The molecule has 180 valence electrons. The van der Waals surface area contributed by atoms with Crippen LogP contribution in [-0.4, -0.2) is 61.0 Å². The topological polar surface area (TPSA) is 55.9 Å². The molecule has 0 aromatic heterocycles. The Kier molecular flexibility index (Phi) is 6.82. The van der Waals surface area contributed by atoms with Gasteiger partial charge in [0.1, 0.15) is 0 Å². The third-order valence-electron chi connectivity index (χ3n) is 7.18. The molecule has 0 bridgehead atoms. The number of imide groups is 1. The van der Waals surface area contributed by atoms with Gasteiger partial charge in [-0.3, -0.25) is 15.0 Å². The molecule has 3 amide bonds. The van der Waals surface area contributed by atoms with Crippen molar-refractivity contribution in [2.24, 2.45) is 0 Å². The van der Waals surface area contributed by atoms with E-state index in [1.807, 2.05) is 60.7 Å². The van der Waals surface area contributed by atoms with E-state index in [1.54, 1.807) is 4.90 Å². The number of hydrogen-bond acceptors (Lipinski definition) is 4. The molecular formula is C29H32N4O2. The molecule has 0 saturated carbocycles. The van der Waals surface area contributed by atoms with Gasteiger partial charge in [-0.25, -0.2) is 4.79 Å². The van der Waals surface area contributed by atoms with Crippen molar-refractivity contribution in [1.82, 2.24) is 15.1 Å². The number of piperazine rings is 1. The maximum atomic E-state index is 13.4. The molecule has 0 atom stereocenters. The first-order valence-electron chi connectivity index (χ1n) is 12.5. The second kappa shape index (κ2) is 10.3. The fourth-order valence-corrected chi connectivity index (χ4v) is 5.37. The average molecular weight is 469 g/mol. The number of carbonyl (C=O) groups excluding carboxylic acids is 2. The Morgan fingerprint density at radius 2 is 1.17 bits per heavy atom. The molecule has 0 radical (unpaired) electrons. The molecule has 2 fully saturated rings. The molecule has 6 nitrogen and oxygen atoms in total. The minimum Gasteiger partial charge on any atom is -0.369 e. The van der Waals surface area contributed by atoms with Gasteiger partial charge < -0.3 is 9.80 Å². The SMILES string of the molecule is O=C1NC(=O)C(c2ccccc2)(c2ccccc2)N1CCCCN1CCN(c2ccccc2)CC1. The molecule has 5 rings (SSSR count). The number of para-hydroxylation sites is 1. The Morgan fingerprint density at radius 3 is 1.74 bits per heavy atom. The normalized spacial score (nSPS) is 18.1. The first-order valence-corrected chi connectivity index (χ1v) is 12.5. The lowest BCUT2D eigenvalue weighted by atomic mass is 9.81. The van der Waals surface area contributed by atoms with Crippen LogP contribution in [-0.2, 0) is 10.3 Å². The van der Waals surface area contributed by atoms with Crippen molar-refractivity contribution in [2.45, 2.75) is 18.4 Å². The average Bonchev–Trinajstić information content (AvgIpc) is 3.18. The van der Waals surface area contributed by atoms with Crippen LogP contribution in [0.4, 0.5) is 10.5 Å². The highest BCUT2D eigenvalue weighted by Gasteiger charge is 2.55. The highest BCUT2D eigenvalue weighted by atomic mass is 16.2. The first kappa shape index (κ1) is 23.1. The standard InChI is InChI=1S/C29H32N4O2/c34-27-29(24-12-4-1-5-13-24,25-14-6-2-7-15-25)33(28(35)30-27)19-11-10-18-31-20-22-32(23-21-31)26-16-8-3-9-17-26/h1-9,12-17H,10-11,18-23H2,(H,30,34,35). The van der Waals surface area contributed by atoms with Crippen LogP contribution in [0.2, 0.25) is 0 Å². The summed E-state index contributed by atoms with van der Waals surface area (Å²) in [6.07, 6.45) is 1.81. The first-order chi connectivity index (χ1) is 17.2. The minimum atomic E-state index is -1.14. The van der Waals surface area contributed by atoms with E-state index in [1.165, 1.54) is 5.69 Å². The number of unbranched alkanes of at least 4 members (excludes halogenated alkanes) is 1. The van der Waals surface area contributed by atoms with Crippen molar-refractivity contribution >= 4 is 17.6 Å². The minimum absolute atomic E-state index is 0.281. The van der Waals surface area contributed by atoms with Gasteiger partial charge in [-0.15, -0.1) is 0 Å². The Morgan fingerprint density at radius 1 is 0.657 bits per heavy atom. The Bertz CT molecular complexity index is 1090. The summed E-state index contributed by atoms with van der Waals surface area (Å²) in [6.45, 7) is 5.64. The van der Waals surface area contributed by atoms with Crippen LogP contribution >= 0.6 is 0 Å². The molecule has 2 heterocycles. The fourth-order valence-electron chi connectivity index (χ4n) is 5.37. The van der Waals surface area contributed by atoms with Crippen molar-refractivity contribution < 1.29 is 9.59 Å². The maximum Gasteiger partial charge on any atom is 0.325 e. The molecule has 3 aromatic rings. The summed E-state index contributed by atoms with van der Waals surface area (Å²) in [5, 5.41) is 2.60. The Balaban J connectivity index is 1.24. The molecule has 0 unspecified atom stereocenters. The van der Waals surface area contributed by atoms with Crippen molar-refractivity contribution in [3.8, 4) is 0 Å². The molecule has 0 spiro atoms. The molecule has 2 aliphatic heterocycles. The smallest absolute Gasteiger partial charge is 0.325 e. The predicted octanol–water partition coefficient (Wildman–Crippen LogP) is 4.08. The summed E-state index contributed by atoms with van der Waals surface area (Å²) < 4.78 is 0. The summed E-state index contributed by atoms with van der Waals surface area (Å²) in [5.74, 6) is -0.281. The summed E-state index contributed by atoms with van der Waals surface area (Å²) in [4.78, 5) is 33.0. The zero-order valence-electron chi connectivity index (χ0n) is 20.0. The molecule has 1 N–H and O–H groups in total. The lowest BCUT2D eigenvalue weighted by Crippen LogP contribution is -2.48. The van der Waals surface area contributed by atoms with E-state index >= 15 is 0 Å². The van der Waals surface area contributed by atoms with Crippen LogP contribution in [0.15, 0.2) is 91.0 Å². The highest BCUT2D eigenvalue weighted by molar-refractivity contribution is 6.09. The van der Waals surface area contributed by atoms with Crippen LogP contribution < -0.4 is 10.2 Å². The number of amides is 3. The van der Waals surface area contributed by atoms with Gasteiger partial charge in [-0.2, -0.15) is 0 Å². The van der Waals surface area contributed by atoms with Gasteiger partial charge in [0.2, 0.25) is 0 Å². The number of urea groups is 1. The van der Waals surface area contributed by atoms with Crippen molar-refractivity contribution in [3.05, 3.63) is 102 Å². The third-order valence-corrected chi connectivity index (χ3v) is 7.18. The Labute approximate surface area is 207 Å². The van der Waals surface area contributed by atoms with Crippen LogP contribution in [0, 0.1) is 0 Å². The van der Waals surface area contributed by atoms with Crippen molar-refractivity contribution in [3.63, 3.8) is 0 Å². The third kappa shape index (κ3) is 4.54. The fraction of sp³-hybridized carbons (Fsp3) is 0.310. The van der Waals surface area contributed by atoms with E-state index in [0.717, 1.165) is 56.7 Å². The molecule has 2 saturated heterocycles. The van der Waals surface area contributed by atoms with Gasteiger partial charge in [-0.05, 0) is 42.6 Å². The number of hydrogen-bond donors (Lipinski definition) is 1. The molecule has 3 aromatic carbocycles. The molecule has 0 aliphatic carbocycles.